The molecular formula is C14H20N2. The smallest absolute Gasteiger partial charge is 0.0326 e. The van der Waals surface area contributed by atoms with Crippen molar-refractivity contribution in [2.24, 2.45) is 5.73 Å². The van der Waals surface area contributed by atoms with Gasteiger partial charge in [-0.3, -0.25) is 0 Å². The molecule has 2 heteroatoms. The molecule has 0 heterocycles. The Morgan fingerprint density at radius 1 is 1.50 bits per heavy atom. The SMILES string of the molecule is C=Cc1ccc2c(c1)C(NCCCN)CC2. The van der Waals surface area contributed by atoms with Gasteiger partial charge in [-0.05, 0) is 55.1 Å². The molecule has 0 spiro atoms. The highest BCUT2D eigenvalue weighted by Gasteiger charge is 2.21. The van der Waals surface area contributed by atoms with Crippen LogP contribution in [0.25, 0.3) is 6.08 Å². The quantitative estimate of drug-likeness (QED) is 0.741. The minimum atomic E-state index is 0.515. The first-order chi connectivity index (χ1) is 7.85. The van der Waals surface area contributed by atoms with Crippen molar-refractivity contribution in [1.82, 2.24) is 5.32 Å². The number of nitrogens with two attached hydrogens (primary N) is 1. The number of hydrogen-bond acceptors (Lipinski definition) is 2. The molecular weight excluding hydrogens is 196 g/mol. The summed E-state index contributed by atoms with van der Waals surface area (Å²) >= 11 is 0. The van der Waals surface area contributed by atoms with Gasteiger partial charge >= 0.3 is 0 Å². The van der Waals surface area contributed by atoms with Crippen molar-refractivity contribution in [1.29, 1.82) is 0 Å². The van der Waals surface area contributed by atoms with E-state index < -0.39 is 0 Å². The number of fused-ring (bicyclic) bond motifs is 1. The van der Waals surface area contributed by atoms with Gasteiger partial charge in [-0.15, -0.1) is 0 Å². The lowest BCUT2D eigenvalue weighted by molar-refractivity contribution is 0.523. The lowest BCUT2D eigenvalue weighted by Crippen LogP contribution is -2.22. The van der Waals surface area contributed by atoms with Crippen LogP contribution in [0.15, 0.2) is 24.8 Å². The Bertz CT molecular complexity index is 371. The standard InChI is InChI=1S/C14H20N2/c1-2-11-4-5-12-6-7-14(13(12)10-11)16-9-3-8-15/h2,4-5,10,14,16H,1,3,6-9,15H2. The molecule has 0 aromatic heterocycles. The summed E-state index contributed by atoms with van der Waals surface area (Å²) < 4.78 is 0. The van der Waals surface area contributed by atoms with Gasteiger partial charge in [-0.1, -0.05) is 24.8 Å². The fraction of sp³-hybridized carbons (Fsp3) is 0.429. The third-order valence-corrected chi connectivity index (χ3v) is 3.26. The van der Waals surface area contributed by atoms with E-state index in [1.807, 2.05) is 6.08 Å². The number of rotatable bonds is 5. The molecule has 0 radical (unpaired) electrons. The van der Waals surface area contributed by atoms with Gasteiger partial charge in [0.15, 0.2) is 0 Å². The van der Waals surface area contributed by atoms with Crippen molar-refractivity contribution in [3.63, 3.8) is 0 Å². The van der Waals surface area contributed by atoms with Crippen LogP contribution in [0.5, 0.6) is 0 Å². The van der Waals surface area contributed by atoms with Crippen molar-refractivity contribution < 1.29 is 0 Å². The van der Waals surface area contributed by atoms with Crippen LogP contribution < -0.4 is 11.1 Å². The van der Waals surface area contributed by atoms with E-state index in [2.05, 4.69) is 30.1 Å². The molecule has 2 rings (SSSR count). The highest BCUT2D eigenvalue weighted by molar-refractivity contribution is 5.51. The molecule has 1 aromatic rings. The van der Waals surface area contributed by atoms with Crippen LogP contribution in [0.3, 0.4) is 0 Å². The molecule has 0 aliphatic heterocycles. The van der Waals surface area contributed by atoms with Crippen LogP contribution >= 0.6 is 0 Å². The van der Waals surface area contributed by atoms with Crippen molar-refractivity contribution in [2.75, 3.05) is 13.1 Å². The summed E-state index contributed by atoms with van der Waals surface area (Å²) in [5.41, 5.74) is 9.65. The number of hydrogen-bond donors (Lipinski definition) is 2. The lowest BCUT2D eigenvalue weighted by atomic mass is 10.0. The molecule has 1 unspecified atom stereocenters. The zero-order valence-electron chi connectivity index (χ0n) is 9.71. The Balaban J connectivity index is 2.08. The average Bonchev–Trinajstić information content (AvgIpc) is 2.72. The minimum absolute atomic E-state index is 0.515. The first-order valence-electron chi connectivity index (χ1n) is 6.04. The van der Waals surface area contributed by atoms with Crippen molar-refractivity contribution in [3.8, 4) is 0 Å². The summed E-state index contributed by atoms with van der Waals surface area (Å²) in [4.78, 5) is 0. The Hall–Kier alpha value is -1.12. The van der Waals surface area contributed by atoms with E-state index in [0.29, 0.717) is 6.04 Å². The van der Waals surface area contributed by atoms with E-state index in [9.17, 15) is 0 Å². The summed E-state index contributed by atoms with van der Waals surface area (Å²) in [5, 5.41) is 3.58. The van der Waals surface area contributed by atoms with Crippen molar-refractivity contribution >= 4 is 6.08 Å². The van der Waals surface area contributed by atoms with E-state index in [-0.39, 0.29) is 0 Å². The second-order valence-electron chi connectivity index (χ2n) is 4.35. The van der Waals surface area contributed by atoms with E-state index >= 15 is 0 Å². The first kappa shape index (κ1) is 11.4. The van der Waals surface area contributed by atoms with Crippen molar-refractivity contribution in [2.45, 2.75) is 25.3 Å². The van der Waals surface area contributed by atoms with Crippen LogP contribution in [-0.4, -0.2) is 13.1 Å². The molecule has 1 aliphatic carbocycles. The Morgan fingerprint density at radius 2 is 2.38 bits per heavy atom. The van der Waals surface area contributed by atoms with Gasteiger partial charge in [0.05, 0.1) is 0 Å². The molecule has 1 atom stereocenters. The molecule has 2 nitrogen and oxygen atoms in total. The summed E-state index contributed by atoms with van der Waals surface area (Å²) in [6.07, 6.45) is 5.36. The van der Waals surface area contributed by atoms with Gasteiger partial charge in [-0.25, -0.2) is 0 Å². The van der Waals surface area contributed by atoms with Crippen LogP contribution in [0, 0.1) is 0 Å². The van der Waals surface area contributed by atoms with Gasteiger partial charge in [-0.2, -0.15) is 0 Å². The molecule has 0 saturated heterocycles. The first-order valence-corrected chi connectivity index (χ1v) is 6.04. The van der Waals surface area contributed by atoms with Crippen LogP contribution in [-0.2, 0) is 6.42 Å². The third kappa shape index (κ3) is 2.34. The second-order valence-corrected chi connectivity index (χ2v) is 4.35. The normalized spacial score (nSPS) is 18.4. The molecule has 86 valence electrons. The predicted octanol–water partition coefficient (Wildman–Crippen LogP) is 2.26. The summed E-state index contributed by atoms with van der Waals surface area (Å²) in [5.74, 6) is 0. The highest BCUT2D eigenvalue weighted by atomic mass is 14.9. The molecule has 0 fully saturated rings. The van der Waals surface area contributed by atoms with E-state index in [0.717, 1.165) is 19.5 Å². The molecule has 1 aliphatic rings. The third-order valence-electron chi connectivity index (χ3n) is 3.26. The maximum absolute atomic E-state index is 5.50. The van der Waals surface area contributed by atoms with E-state index in [4.69, 9.17) is 5.73 Å². The van der Waals surface area contributed by atoms with E-state index in [1.54, 1.807) is 0 Å². The summed E-state index contributed by atoms with van der Waals surface area (Å²) in [6.45, 7) is 5.60. The average molecular weight is 216 g/mol. The van der Waals surface area contributed by atoms with Crippen LogP contribution in [0.2, 0.25) is 0 Å². The largest absolute Gasteiger partial charge is 0.330 e. The molecule has 1 aromatic carbocycles. The zero-order valence-corrected chi connectivity index (χ0v) is 9.71. The fourth-order valence-electron chi connectivity index (χ4n) is 2.34. The monoisotopic (exact) mass is 216 g/mol. The molecule has 3 N–H and O–H groups in total. The number of nitrogens with one attached hydrogen (secondary N) is 1. The maximum atomic E-state index is 5.50. The minimum Gasteiger partial charge on any atom is -0.330 e. The fourth-order valence-corrected chi connectivity index (χ4v) is 2.34. The van der Waals surface area contributed by atoms with Gasteiger partial charge in [0, 0.05) is 6.04 Å². The van der Waals surface area contributed by atoms with Gasteiger partial charge < -0.3 is 11.1 Å². The van der Waals surface area contributed by atoms with Crippen LogP contribution in [0.4, 0.5) is 0 Å². The molecule has 0 bridgehead atoms. The lowest BCUT2D eigenvalue weighted by Gasteiger charge is -2.14. The maximum Gasteiger partial charge on any atom is 0.0326 e. The Labute approximate surface area is 97.5 Å². The van der Waals surface area contributed by atoms with Crippen LogP contribution in [0.1, 0.15) is 35.6 Å². The zero-order chi connectivity index (χ0) is 11.4. The Kier molecular flexibility index (Phi) is 3.75. The van der Waals surface area contributed by atoms with Gasteiger partial charge in [0.2, 0.25) is 0 Å². The Morgan fingerprint density at radius 3 is 3.12 bits per heavy atom. The number of benzene rings is 1. The van der Waals surface area contributed by atoms with Gasteiger partial charge in [0.1, 0.15) is 0 Å². The van der Waals surface area contributed by atoms with Gasteiger partial charge in [0.25, 0.3) is 0 Å². The highest BCUT2D eigenvalue weighted by Crippen LogP contribution is 2.31. The summed E-state index contributed by atoms with van der Waals surface area (Å²) in [7, 11) is 0. The number of aryl methyl sites for hydroxylation is 1. The topological polar surface area (TPSA) is 38.0 Å². The predicted molar refractivity (Wildman–Crippen MR) is 69.3 cm³/mol. The molecule has 16 heavy (non-hydrogen) atoms. The molecule has 0 amide bonds. The second kappa shape index (κ2) is 5.28. The van der Waals surface area contributed by atoms with E-state index in [1.165, 1.54) is 29.5 Å². The molecule has 0 saturated carbocycles. The van der Waals surface area contributed by atoms with Crippen molar-refractivity contribution in [3.05, 3.63) is 41.5 Å². The summed E-state index contributed by atoms with van der Waals surface area (Å²) in [6, 6.07) is 7.15.